The Kier molecular flexibility index (Phi) is 5.86. The third-order valence-corrected chi connectivity index (χ3v) is 5.87. The lowest BCUT2D eigenvalue weighted by Gasteiger charge is -2.09. The molecule has 0 amide bonds. The van der Waals surface area contributed by atoms with Crippen LogP contribution in [0, 0.1) is 12.7 Å². The highest BCUT2D eigenvalue weighted by Gasteiger charge is 2.20. The zero-order valence-electron chi connectivity index (χ0n) is 16.8. The summed E-state index contributed by atoms with van der Waals surface area (Å²) in [7, 11) is 0. The Morgan fingerprint density at radius 1 is 1.13 bits per heavy atom. The van der Waals surface area contributed by atoms with E-state index in [1.165, 1.54) is 23.6 Å². The maximum atomic E-state index is 15.0. The number of aromatic amines is 1. The topological polar surface area (TPSA) is 57.8 Å². The Labute approximate surface area is 179 Å². The Balaban J connectivity index is 1.71. The standard InChI is InChI=1S/C24H22FN3OS/c1-3-11-30-28-21-6-4-5-18(22(21)25)23(29)20-14-27-24-19(20)12-17(13-26-24)16-9-7-15(2)8-10-16/h4-10,12-14,28H,3,11H2,1-2H3,(H,26,27). The van der Waals surface area contributed by atoms with Crippen LogP contribution in [0.1, 0.15) is 34.8 Å². The molecule has 0 radical (unpaired) electrons. The number of halogens is 1. The van der Waals surface area contributed by atoms with Crippen molar-refractivity contribution in [1.82, 2.24) is 9.97 Å². The van der Waals surface area contributed by atoms with E-state index in [1.807, 2.05) is 37.3 Å². The predicted octanol–water partition coefficient (Wildman–Crippen LogP) is 6.38. The summed E-state index contributed by atoms with van der Waals surface area (Å²) in [5.74, 6) is -0.0538. The van der Waals surface area contributed by atoms with E-state index in [0.717, 1.165) is 23.3 Å². The van der Waals surface area contributed by atoms with Gasteiger partial charge >= 0.3 is 0 Å². The first-order valence-electron chi connectivity index (χ1n) is 9.83. The smallest absolute Gasteiger partial charge is 0.198 e. The molecule has 0 saturated carbocycles. The zero-order valence-corrected chi connectivity index (χ0v) is 17.6. The van der Waals surface area contributed by atoms with Crippen LogP contribution in [0.4, 0.5) is 10.1 Å². The van der Waals surface area contributed by atoms with Crippen molar-refractivity contribution in [3.05, 3.63) is 83.4 Å². The number of carbonyl (C=O) groups is 1. The summed E-state index contributed by atoms with van der Waals surface area (Å²) in [5, 5.41) is 0.677. The number of pyridine rings is 1. The summed E-state index contributed by atoms with van der Waals surface area (Å²) >= 11 is 1.42. The van der Waals surface area contributed by atoms with Gasteiger partial charge in [-0.3, -0.25) is 4.79 Å². The van der Waals surface area contributed by atoms with Crippen LogP contribution in [0.15, 0.2) is 60.9 Å². The van der Waals surface area contributed by atoms with Crippen molar-refractivity contribution in [2.24, 2.45) is 0 Å². The summed E-state index contributed by atoms with van der Waals surface area (Å²) in [6, 6.07) is 14.9. The number of aryl methyl sites for hydroxylation is 1. The van der Waals surface area contributed by atoms with Crippen molar-refractivity contribution >= 4 is 34.5 Å². The van der Waals surface area contributed by atoms with E-state index in [0.29, 0.717) is 22.3 Å². The first kappa shape index (κ1) is 20.2. The van der Waals surface area contributed by atoms with Gasteiger partial charge in [0.15, 0.2) is 11.6 Å². The van der Waals surface area contributed by atoms with Crippen molar-refractivity contribution in [3.8, 4) is 11.1 Å². The normalized spacial score (nSPS) is 11.0. The first-order valence-corrected chi connectivity index (χ1v) is 10.8. The molecule has 0 unspecified atom stereocenters. The molecule has 30 heavy (non-hydrogen) atoms. The number of anilines is 1. The van der Waals surface area contributed by atoms with E-state index < -0.39 is 5.82 Å². The lowest BCUT2D eigenvalue weighted by Crippen LogP contribution is -2.06. The fourth-order valence-corrected chi connectivity index (χ4v) is 3.88. The summed E-state index contributed by atoms with van der Waals surface area (Å²) in [6.45, 7) is 4.09. The van der Waals surface area contributed by atoms with E-state index in [2.05, 4.69) is 21.6 Å². The monoisotopic (exact) mass is 419 g/mol. The van der Waals surface area contributed by atoms with Gasteiger partial charge in [0, 0.05) is 34.7 Å². The largest absolute Gasteiger partial charge is 0.345 e. The molecule has 0 spiro atoms. The third-order valence-electron chi connectivity index (χ3n) is 4.89. The number of ketones is 1. The van der Waals surface area contributed by atoms with Crippen molar-refractivity contribution in [1.29, 1.82) is 0 Å². The van der Waals surface area contributed by atoms with Gasteiger partial charge in [-0.2, -0.15) is 0 Å². The Morgan fingerprint density at radius 3 is 2.70 bits per heavy atom. The molecule has 152 valence electrons. The van der Waals surface area contributed by atoms with Crippen molar-refractivity contribution in [3.63, 3.8) is 0 Å². The number of fused-ring (bicyclic) bond motifs is 1. The highest BCUT2D eigenvalue weighted by molar-refractivity contribution is 8.00. The third kappa shape index (κ3) is 3.96. The van der Waals surface area contributed by atoms with Crippen LogP contribution in [0.25, 0.3) is 22.2 Å². The lowest BCUT2D eigenvalue weighted by molar-refractivity contribution is 0.103. The van der Waals surface area contributed by atoms with Crippen molar-refractivity contribution in [2.75, 3.05) is 10.5 Å². The Hall–Kier alpha value is -3.12. The van der Waals surface area contributed by atoms with Crippen LogP contribution in [0.5, 0.6) is 0 Å². The molecule has 0 bridgehead atoms. The molecule has 6 heteroatoms. The van der Waals surface area contributed by atoms with Crippen molar-refractivity contribution in [2.45, 2.75) is 20.3 Å². The van der Waals surface area contributed by atoms with Gasteiger partial charge in [-0.15, -0.1) is 0 Å². The average molecular weight is 420 g/mol. The minimum atomic E-state index is -0.539. The highest BCUT2D eigenvalue weighted by Crippen LogP contribution is 2.28. The second kappa shape index (κ2) is 8.71. The van der Waals surface area contributed by atoms with E-state index in [1.54, 1.807) is 24.5 Å². The molecular weight excluding hydrogens is 397 g/mol. The molecule has 4 nitrogen and oxygen atoms in total. The Bertz CT molecular complexity index is 1200. The van der Waals surface area contributed by atoms with E-state index >= 15 is 4.39 Å². The number of rotatable bonds is 7. The molecule has 0 saturated heterocycles. The number of H-pyrrole nitrogens is 1. The number of benzene rings is 2. The molecule has 0 aliphatic rings. The summed E-state index contributed by atoms with van der Waals surface area (Å²) < 4.78 is 18.0. The van der Waals surface area contributed by atoms with E-state index in [9.17, 15) is 4.79 Å². The van der Waals surface area contributed by atoms with Gasteiger partial charge in [0.05, 0.1) is 11.3 Å². The fourth-order valence-electron chi connectivity index (χ4n) is 3.26. The van der Waals surface area contributed by atoms with Gasteiger partial charge in [-0.25, -0.2) is 9.37 Å². The number of nitrogens with one attached hydrogen (secondary N) is 2. The second-order valence-electron chi connectivity index (χ2n) is 7.14. The van der Waals surface area contributed by atoms with E-state index in [4.69, 9.17) is 0 Å². The molecule has 2 heterocycles. The molecule has 0 atom stereocenters. The van der Waals surface area contributed by atoms with Gasteiger partial charge in [-0.05, 0) is 37.1 Å². The Morgan fingerprint density at radius 2 is 1.93 bits per heavy atom. The molecular formula is C24H22FN3OS. The molecule has 2 aromatic carbocycles. The molecule has 0 aliphatic heterocycles. The number of aromatic nitrogens is 2. The zero-order chi connectivity index (χ0) is 21.1. The first-order chi connectivity index (χ1) is 14.6. The van der Waals surface area contributed by atoms with Crippen LogP contribution in [-0.4, -0.2) is 21.5 Å². The van der Waals surface area contributed by atoms with Crippen LogP contribution >= 0.6 is 11.9 Å². The number of hydrogen-bond donors (Lipinski definition) is 2. The van der Waals surface area contributed by atoms with Gasteiger partial charge < -0.3 is 9.71 Å². The van der Waals surface area contributed by atoms with Crippen LogP contribution in [-0.2, 0) is 0 Å². The van der Waals surface area contributed by atoms with Crippen LogP contribution < -0.4 is 4.72 Å². The average Bonchev–Trinajstić information content (AvgIpc) is 3.18. The summed E-state index contributed by atoms with van der Waals surface area (Å²) in [4.78, 5) is 20.7. The SMILES string of the molecule is CCCSNc1cccc(C(=O)c2c[nH]c3ncc(-c4ccc(C)cc4)cc23)c1F. The maximum absolute atomic E-state index is 15.0. The minimum Gasteiger partial charge on any atom is -0.345 e. The number of hydrogen-bond acceptors (Lipinski definition) is 4. The second-order valence-corrected chi connectivity index (χ2v) is 8.04. The van der Waals surface area contributed by atoms with E-state index in [-0.39, 0.29) is 11.3 Å². The van der Waals surface area contributed by atoms with Gasteiger partial charge in [-0.1, -0.05) is 54.8 Å². The molecule has 2 aromatic heterocycles. The fraction of sp³-hybridized carbons (Fsp3) is 0.167. The number of carbonyl (C=O) groups excluding carboxylic acids is 1. The summed E-state index contributed by atoms with van der Waals surface area (Å²) in [5.41, 5.74) is 4.46. The lowest BCUT2D eigenvalue weighted by atomic mass is 10.00. The summed E-state index contributed by atoms with van der Waals surface area (Å²) in [6.07, 6.45) is 4.35. The minimum absolute atomic E-state index is 0.0405. The van der Waals surface area contributed by atoms with Crippen molar-refractivity contribution < 1.29 is 9.18 Å². The molecule has 0 fully saturated rings. The quantitative estimate of drug-likeness (QED) is 0.207. The molecule has 0 aliphatic carbocycles. The van der Waals surface area contributed by atoms with Gasteiger partial charge in [0.1, 0.15) is 5.65 Å². The highest BCUT2D eigenvalue weighted by atomic mass is 32.2. The molecule has 4 aromatic rings. The van der Waals surface area contributed by atoms with Crippen LogP contribution in [0.3, 0.4) is 0 Å². The maximum Gasteiger partial charge on any atom is 0.198 e. The predicted molar refractivity (Wildman–Crippen MR) is 122 cm³/mol. The molecule has 2 N–H and O–H groups in total. The number of nitrogens with zero attached hydrogens (tertiary/aromatic N) is 1. The molecule has 4 rings (SSSR count). The van der Waals surface area contributed by atoms with Gasteiger partial charge in [0.25, 0.3) is 0 Å². The van der Waals surface area contributed by atoms with Gasteiger partial charge in [0.2, 0.25) is 0 Å². The van der Waals surface area contributed by atoms with Crippen LogP contribution in [0.2, 0.25) is 0 Å².